The highest BCUT2D eigenvalue weighted by atomic mass is 79.9. The van der Waals surface area contributed by atoms with Crippen LogP contribution in [0.5, 0.6) is 0 Å². The van der Waals surface area contributed by atoms with Crippen molar-refractivity contribution in [3.8, 4) is 0 Å². The number of aliphatic hydroxyl groups is 1. The summed E-state index contributed by atoms with van der Waals surface area (Å²) in [6, 6.07) is 6.15. The molecular formula is C11H17BrN2O. The van der Waals surface area contributed by atoms with Gasteiger partial charge in [-0.05, 0) is 24.6 Å². The molecule has 3 N–H and O–H groups in total. The van der Waals surface area contributed by atoms with Crippen LogP contribution in [-0.2, 0) is 6.54 Å². The van der Waals surface area contributed by atoms with Gasteiger partial charge in [0.25, 0.3) is 0 Å². The predicted molar refractivity (Wildman–Crippen MR) is 67.0 cm³/mol. The highest BCUT2D eigenvalue weighted by molar-refractivity contribution is 9.10. The summed E-state index contributed by atoms with van der Waals surface area (Å²) in [6.45, 7) is 2.65. The molecule has 1 atom stereocenters. The van der Waals surface area contributed by atoms with Crippen LogP contribution < -0.4 is 10.6 Å². The van der Waals surface area contributed by atoms with Crippen LogP contribution in [0.3, 0.4) is 0 Å². The van der Waals surface area contributed by atoms with Crippen molar-refractivity contribution in [3.63, 3.8) is 0 Å². The van der Waals surface area contributed by atoms with Crippen molar-refractivity contribution in [2.45, 2.75) is 19.5 Å². The third-order valence-corrected chi connectivity index (χ3v) is 3.33. The van der Waals surface area contributed by atoms with Gasteiger partial charge in [0, 0.05) is 29.8 Å². The summed E-state index contributed by atoms with van der Waals surface area (Å²) in [5.41, 5.74) is 7.74. The molecule has 0 heterocycles. The number of halogens is 1. The van der Waals surface area contributed by atoms with Crippen LogP contribution in [-0.4, -0.2) is 24.8 Å². The molecule has 84 valence electrons. The van der Waals surface area contributed by atoms with Crippen LogP contribution in [0.25, 0.3) is 0 Å². The Morgan fingerprint density at radius 3 is 2.67 bits per heavy atom. The Kier molecular flexibility index (Phi) is 4.57. The summed E-state index contributed by atoms with van der Waals surface area (Å²) in [5, 5.41) is 9.06. The van der Waals surface area contributed by atoms with Gasteiger partial charge >= 0.3 is 0 Å². The van der Waals surface area contributed by atoms with Crippen molar-refractivity contribution in [2.24, 2.45) is 5.73 Å². The molecule has 0 bridgehead atoms. The van der Waals surface area contributed by atoms with Crippen LogP contribution >= 0.6 is 15.9 Å². The lowest BCUT2D eigenvalue weighted by molar-refractivity contribution is 0.270. The molecule has 0 aliphatic carbocycles. The van der Waals surface area contributed by atoms with E-state index >= 15 is 0 Å². The third-order valence-electron chi connectivity index (χ3n) is 2.59. The van der Waals surface area contributed by atoms with Crippen LogP contribution in [0, 0.1) is 0 Å². The molecule has 0 aliphatic heterocycles. The maximum absolute atomic E-state index is 9.06. The molecule has 1 unspecified atom stereocenters. The fourth-order valence-electron chi connectivity index (χ4n) is 1.30. The molecule has 1 aromatic rings. The van der Waals surface area contributed by atoms with E-state index in [4.69, 9.17) is 10.8 Å². The van der Waals surface area contributed by atoms with Crippen molar-refractivity contribution in [2.75, 3.05) is 18.6 Å². The fourth-order valence-corrected chi connectivity index (χ4v) is 1.83. The number of anilines is 1. The van der Waals surface area contributed by atoms with Crippen molar-refractivity contribution in [3.05, 3.63) is 28.2 Å². The smallest absolute Gasteiger partial charge is 0.0632 e. The van der Waals surface area contributed by atoms with Gasteiger partial charge in [-0.1, -0.05) is 22.0 Å². The Morgan fingerprint density at radius 1 is 1.53 bits per heavy atom. The van der Waals surface area contributed by atoms with Gasteiger partial charge in [-0.2, -0.15) is 0 Å². The van der Waals surface area contributed by atoms with E-state index < -0.39 is 0 Å². The molecule has 0 saturated carbocycles. The largest absolute Gasteiger partial charge is 0.394 e. The summed E-state index contributed by atoms with van der Waals surface area (Å²) in [5.74, 6) is 0. The minimum atomic E-state index is 0.112. The van der Waals surface area contributed by atoms with E-state index in [0.717, 1.165) is 15.7 Å². The van der Waals surface area contributed by atoms with E-state index in [2.05, 4.69) is 15.9 Å². The Labute approximate surface area is 99.0 Å². The van der Waals surface area contributed by atoms with Crippen molar-refractivity contribution >= 4 is 21.6 Å². The van der Waals surface area contributed by atoms with Gasteiger partial charge in [0.05, 0.1) is 6.61 Å². The molecule has 1 rings (SSSR count). The van der Waals surface area contributed by atoms with Crippen LogP contribution in [0.1, 0.15) is 12.5 Å². The lowest BCUT2D eigenvalue weighted by atomic mass is 10.2. The van der Waals surface area contributed by atoms with E-state index in [1.807, 2.05) is 37.1 Å². The molecule has 1 aromatic carbocycles. The van der Waals surface area contributed by atoms with Gasteiger partial charge < -0.3 is 15.7 Å². The highest BCUT2D eigenvalue weighted by Crippen LogP contribution is 2.24. The Hall–Kier alpha value is -0.580. The number of nitrogens with two attached hydrogens (primary N) is 1. The number of nitrogens with zero attached hydrogens (tertiary/aromatic N) is 1. The Balaban J connectivity index is 2.92. The molecule has 0 fully saturated rings. The number of rotatable bonds is 4. The SMILES string of the molecule is CC(CO)N(C)c1ccc(CN)c(Br)c1. The first-order chi connectivity index (χ1) is 7.10. The third kappa shape index (κ3) is 2.93. The van der Waals surface area contributed by atoms with Gasteiger partial charge in [-0.25, -0.2) is 0 Å². The van der Waals surface area contributed by atoms with Gasteiger partial charge in [0.1, 0.15) is 0 Å². The maximum atomic E-state index is 9.06. The Morgan fingerprint density at radius 2 is 2.20 bits per heavy atom. The van der Waals surface area contributed by atoms with Crippen molar-refractivity contribution in [1.82, 2.24) is 0 Å². The summed E-state index contributed by atoms with van der Waals surface area (Å²) in [4.78, 5) is 2.03. The van der Waals surface area contributed by atoms with Crippen LogP contribution in [0.15, 0.2) is 22.7 Å². The van der Waals surface area contributed by atoms with E-state index in [-0.39, 0.29) is 12.6 Å². The van der Waals surface area contributed by atoms with Gasteiger partial charge in [0.15, 0.2) is 0 Å². The highest BCUT2D eigenvalue weighted by Gasteiger charge is 2.09. The molecular weight excluding hydrogens is 256 g/mol. The average molecular weight is 273 g/mol. The molecule has 0 saturated heterocycles. The second kappa shape index (κ2) is 5.49. The molecule has 0 spiro atoms. The maximum Gasteiger partial charge on any atom is 0.0632 e. The summed E-state index contributed by atoms with van der Waals surface area (Å²) in [7, 11) is 1.96. The minimum absolute atomic E-state index is 0.112. The molecule has 0 amide bonds. The zero-order valence-electron chi connectivity index (χ0n) is 9.07. The predicted octanol–water partition coefficient (Wildman–Crippen LogP) is 1.72. The second-order valence-electron chi connectivity index (χ2n) is 3.62. The first-order valence-corrected chi connectivity index (χ1v) is 5.71. The standard InChI is InChI=1S/C11H17BrN2O/c1-8(7-15)14(2)10-4-3-9(6-13)11(12)5-10/h3-5,8,15H,6-7,13H2,1-2H3. The molecule has 0 radical (unpaired) electrons. The first kappa shape index (κ1) is 12.5. The number of benzene rings is 1. The second-order valence-corrected chi connectivity index (χ2v) is 4.48. The van der Waals surface area contributed by atoms with Crippen molar-refractivity contribution < 1.29 is 5.11 Å². The normalized spacial score (nSPS) is 12.6. The van der Waals surface area contributed by atoms with E-state index in [9.17, 15) is 0 Å². The molecule has 0 aliphatic rings. The number of hydrogen-bond acceptors (Lipinski definition) is 3. The monoisotopic (exact) mass is 272 g/mol. The fraction of sp³-hybridized carbons (Fsp3) is 0.455. The van der Waals surface area contributed by atoms with Gasteiger partial charge in [-0.15, -0.1) is 0 Å². The molecule has 15 heavy (non-hydrogen) atoms. The number of likely N-dealkylation sites (N-methyl/N-ethyl adjacent to an activating group) is 1. The minimum Gasteiger partial charge on any atom is -0.394 e. The number of hydrogen-bond donors (Lipinski definition) is 2. The van der Waals surface area contributed by atoms with E-state index in [1.54, 1.807) is 0 Å². The first-order valence-electron chi connectivity index (χ1n) is 4.92. The number of aliphatic hydroxyl groups excluding tert-OH is 1. The summed E-state index contributed by atoms with van der Waals surface area (Å²) >= 11 is 3.48. The molecule has 0 aromatic heterocycles. The van der Waals surface area contributed by atoms with E-state index in [1.165, 1.54) is 0 Å². The van der Waals surface area contributed by atoms with Crippen LogP contribution in [0.4, 0.5) is 5.69 Å². The average Bonchev–Trinajstić information content (AvgIpc) is 2.26. The molecule has 3 nitrogen and oxygen atoms in total. The van der Waals surface area contributed by atoms with Gasteiger partial charge in [-0.3, -0.25) is 0 Å². The van der Waals surface area contributed by atoms with Crippen LogP contribution in [0.2, 0.25) is 0 Å². The lowest BCUT2D eigenvalue weighted by Crippen LogP contribution is -2.31. The topological polar surface area (TPSA) is 49.5 Å². The lowest BCUT2D eigenvalue weighted by Gasteiger charge is -2.25. The van der Waals surface area contributed by atoms with Crippen molar-refractivity contribution in [1.29, 1.82) is 0 Å². The quantitative estimate of drug-likeness (QED) is 0.878. The zero-order chi connectivity index (χ0) is 11.4. The summed E-state index contributed by atoms with van der Waals surface area (Å²) < 4.78 is 1.01. The molecule has 4 heteroatoms. The van der Waals surface area contributed by atoms with Gasteiger partial charge in [0.2, 0.25) is 0 Å². The zero-order valence-corrected chi connectivity index (χ0v) is 10.7. The summed E-state index contributed by atoms with van der Waals surface area (Å²) in [6.07, 6.45) is 0. The Bertz CT molecular complexity index is 330. The van der Waals surface area contributed by atoms with E-state index in [0.29, 0.717) is 6.54 Å².